The lowest BCUT2D eigenvalue weighted by molar-refractivity contribution is 0.242. The summed E-state index contributed by atoms with van der Waals surface area (Å²) < 4.78 is 12.4. The molecule has 0 spiro atoms. The van der Waals surface area contributed by atoms with E-state index in [0.29, 0.717) is 23.2 Å². The highest BCUT2D eigenvalue weighted by atomic mass is 16.5. The molecule has 192 valence electrons. The molecule has 0 radical (unpaired) electrons. The summed E-state index contributed by atoms with van der Waals surface area (Å²) >= 11 is 0. The number of anilines is 2. The highest BCUT2D eigenvalue weighted by molar-refractivity contribution is 5.94. The van der Waals surface area contributed by atoms with Crippen LogP contribution in [0.2, 0.25) is 0 Å². The van der Waals surface area contributed by atoms with Crippen LogP contribution in [0.3, 0.4) is 0 Å². The molecule has 0 aliphatic carbocycles. The van der Waals surface area contributed by atoms with Gasteiger partial charge in [0.05, 0.1) is 35.5 Å². The van der Waals surface area contributed by atoms with Crippen LogP contribution in [0.15, 0.2) is 46.0 Å². The number of rotatable bonds is 8. The van der Waals surface area contributed by atoms with Gasteiger partial charge in [-0.2, -0.15) is 0 Å². The molecule has 3 aromatic rings. The number of aromatic amines is 1. The summed E-state index contributed by atoms with van der Waals surface area (Å²) in [6, 6.07) is 10.2. The third-order valence-electron chi connectivity index (χ3n) is 6.14. The molecule has 4 rings (SSSR count). The molecular formula is C25H32N6O5. The Labute approximate surface area is 208 Å². The zero-order valence-corrected chi connectivity index (χ0v) is 20.7. The number of benzene rings is 2. The third-order valence-corrected chi connectivity index (χ3v) is 6.14. The van der Waals surface area contributed by atoms with E-state index in [1.807, 2.05) is 38.1 Å². The summed E-state index contributed by atoms with van der Waals surface area (Å²) in [5.41, 5.74) is 5.98. The Balaban J connectivity index is 1.51. The SMILES string of the molecule is COc1ccccc1N1CCN(CCn2c(=O)[nH]c3cc(NC(N)=O)c(OC(C)C)cc3c2=O)CC1. The molecule has 1 aliphatic rings. The van der Waals surface area contributed by atoms with Crippen LogP contribution in [0.1, 0.15) is 13.8 Å². The smallest absolute Gasteiger partial charge is 0.328 e. The number of piperazine rings is 1. The zero-order chi connectivity index (χ0) is 25.8. The van der Waals surface area contributed by atoms with Crippen molar-refractivity contribution < 1.29 is 14.3 Å². The van der Waals surface area contributed by atoms with Crippen LogP contribution >= 0.6 is 0 Å². The molecule has 2 amide bonds. The van der Waals surface area contributed by atoms with Crippen molar-refractivity contribution in [2.24, 2.45) is 5.73 Å². The Morgan fingerprint density at radius 1 is 1.08 bits per heavy atom. The minimum Gasteiger partial charge on any atom is -0.495 e. The average molecular weight is 497 g/mol. The highest BCUT2D eigenvalue weighted by Crippen LogP contribution is 2.29. The van der Waals surface area contributed by atoms with E-state index < -0.39 is 17.3 Å². The lowest BCUT2D eigenvalue weighted by Gasteiger charge is -2.36. The van der Waals surface area contributed by atoms with E-state index in [-0.39, 0.29) is 18.3 Å². The molecule has 4 N–H and O–H groups in total. The molecule has 0 bridgehead atoms. The van der Waals surface area contributed by atoms with Crippen LogP contribution < -0.4 is 36.7 Å². The van der Waals surface area contributed by atoms with Gasteiger partial charge in [0.15, 0.2) is 0 Å². The lowest BCUT2D eigenvalue weighted by Crippen LogP contribution is -2.48. The van der Waals surface area contributed by atoms with Crippen LogP contribution in [0.25, 0.3) is 10.9 Å². The predicted octanol–water partition coefficient (Wildman–Crippen LogP) is 1.80. The molecule has 11 heteroatoms. The van der Waals surface area contributed by atoms with E-state index in [0.717, 1.165) is 37.6 Å². The first-order valence-electron chi connectivity index (χ1n) is 11.9. The second-order valence-electron chi connectivity index (χ2n) is 8.94. The number of amides is 2. The van der Waals surface area contributed by atoms with Gasteiger partial charge in [-0.05, 0) is 38.1 Å². The number of nitrogens with one attached hydrogen (secondary N) is 2. The van der Waals surface area contributed by atoms with Gasteiger partial charge in [0, 0.05) is 39.3 Å². The van der Waals surface area contributed by atoms with E-state index in [2.05, 4.69) is 20.1 Å². The fraction of sp³-hybridized carbons (Fsp3) is 0.400. The molecule has 36 heavy (non-hydrogen) atoms. The first-order valence-corrected chi connectivity index (χ1v) is 11.9. The third kappa shape index (κ3) is 5.46. The number of carbonyl (C=O) groups excluding carboxylic acids is 1. The summed E-state index contributed by atoms with van der Waals surface area (Å²) in [7, 11) is 1.67. The Kier molecular flexibility index (Phi) is 7.49. The van der Waals surface area contributed by atoms with Crippen LogP contribution in [0.4, 0.5) is 16.2 Å². The monoisotopic (exact) mass is 496 g/mol. The van der Waals surface area contributed by atoms with Crippen molar-refractivity contribution in [1.82, 2.24) is 14.5 Å². The number of hydrogen-bond acceptors (Lipinski definition) is 7. The largest absolute Gasteiger partial charge is 0.495 e. The van der Waals surface area contributed by atoms with E-state index in [1.165, 1.54) is 16.7 Å². The van der Waals surface area contributed by atoms with Crippen LogP contribution in [-0.2, 0) is 6.54 Å². The van der Waals surface area contributed by atoms with Gasteiger partial charge in [-0.3, -0.25) is 14.3 Å². The van der Waals surface area contributed by atoms with Gasteiger partial charge in [0.2, 0.25) is 0 Å². The van der Waals surface area contributed by atoms with E-state index in [1.54, 1.807) is 7.11 Å². The number of urea groups is 1. The summed E-state index contributed by atoms with van der Waals surface area (Å²) in [4.78, 5) is 44.6. The van der Waals surface area contributed by atoms with E-state index >= 15 is 0 Å². The molecule has 1 aromatic heterocycles. The maximum Gasteiger partial charge on any atom is 0.328 e. The topological polar surface area (TPSA) is 135 Å². The Morgan fingerprint density at radius 2 is 1.81 bits per heavy atom. The zero-order valence-electron chi connectivity index (χ0n) is 20.7. The fourth-order valence-electron chi connectivity index (χ4n) is 4.41. The first-order chi connectivity index (χ1) is 17.3. The minimum atomic E-state index is -0.774. The number of fused-ring (bicyclic) bond motifs is 1. The number of primary amides is 1. The van der Waals surface area contributed by atoms with E-state index in [4.69, 9.17) is 15.2 Å². The summed E-state index contributed by atoms with van der Waals surface area (Å²) in [6.45, 7) is 7.70. The summed E-state index contributed by atoms with van der Waals surface area (Å²) in [5.74, 6) is 1.15. The number of aromatic nitrogens is 2. The summed E-state index contributed by atoms with van der Waals surface area (Å²) in [6.07, 6.45) is -0.199. The van der Waals surface area contributed by atoms with Gasteiger partial charge in [-0.1, -0.05) is 12.1 Å². The number of nitrogens with zero attached hydrogens (tertiary/aromatic N) is 3. The van der Waals surface area contributed by atoms with Crippen molar-refractivity contribution >= 4 is 28.3 Å². The van der Waals surface area contributed by atoms with Crippen molar-refractivity contribution in [2.45, 2.75) is 26.5 Å². The standard InChI is InChI=1S/C25H32N6O5/c1-16(2)36-22-14-17-18(15-19(22)27-24(26)33)28-25(34)31(23(17)32)13-10-29-8-11-30(12-9-29)20-6-4-5-7-21(20)35-3/h4-7,14-16H,8-13H2,1-3H3,(H,28,34)(H3,26,27,33). The molecule has 2 heterocycles. The molecule has 0 saturated carbocycles. The minimum absolute atomic E-state index is 0.199. The van der Waals surface area contributed by atoms with Crippen LogP contribution in [-0.4, -0.2) is 66.4 Å². The number of H-pyrrole nitrogens is 1. The Bertz CT molecular complexity index is 1360. The summed E-state index contributed by atoms with van der Waals surface area (Å²) in [5, 5.41) is 2.77. The van der Waals surface area contributed by atoms with Gasteiger partial charge in [-0.15, -0.1) is 0 Å². The number of hydrogen-bond donors (Lipinski definition) is 3. The molecule has 1 fully saturated rings. The second kappa shape index (κ2) is 10.7. The Hall–Kier alpha value is -3.99. The van der Waals surface area contributed by atoms with Crippen molar-refractivity contribution in [3.8, 4) is 11.5 Å². The quantitative estimate of drug-likeness (QED) is 0.433. The van der Waals surface area contributed by atoms with Gasteiger partial charge in [-0.25, -0.2) is 9.59 Å². The average Bonchev–Trinajstić information content (AvgIpc) is 2.84. The molecule has 1 aliphatic heterocycles. The molecule has 2 aromatic carbocycles. The van der Waals surface area contributed by atoms with Crippen molar-refractivity contribution in [1.29, 1.82) is 0 Å². The lowest BCUT2D eigenvalue weighted by atomic mass is 10.2. The van der Waals surface area contributed by atoms with Gasteiger partial charge < -0.3 is 30.4 Å². The van der Waals surface area contributed by atoms with Crippen LogP contribution in [0.5, 0.6) is 11.5 Å². The number of carbonyl (C=O) groups is 1. The number of nitrogens with two attached hydrogens (primary N) is 1. The maximum atomic E-state index is 13.2. The predicted molar refractivity (Wildman–Crippen MR) is 139 cm³/mol. The second-order valence-corrected chi connectivity index (χ2v) is 8.94. The van der Waals surface area contributed by atoms with Gasteiger partial charge in [0.25, 0.3) is 5.56 Å². The van der Waals surface area contributed by atoms with Crippen LogP contribution in [0, 0.1) is 0 Å². The molecule has 0 atom stereocenters. The van der Waals surface area contributed by atoms with Gasteiger partial charge >= 0.3 is 11.7 Å². The number of methoxy groups -OCH3 is 1. The highest BCUT2D eigenvalue weighted by Gasteiger charge is 2.20. The van der Waals surface area contributed by atoms with E-state index in [9.17, 15) is 14.4 Å². The first kappa shape index (κ1) is 25.1. The Morgan fingerprint density at radius 3 is 2.47 bits per heavy atom. The van der Waals surface area contributed by atoms with Crippen molar-refractivity contribution in [3.63, 3.8) is 0 Å². The van der Waals surface area contributed by atoms with Crippen molar-refractivity contribution in [2.75, 3.05) is 50.1 Å². The van der Waals surface area contributed by atoms with Gasteiger partial charge in [0.1, 0.15) is 11.5 Å². The number of para-hydroxylation sites is 2. The fourth-order valence-corrected chi connectivity index (χ4v) is 4.41. The number of ether oxygens (including phenoxy) is 2. The normalized spacial score (nSPS) is 14.3. The maximum absolute atomic E-state index is 13.2. The van der Waals surface area contributed by atoms with Crippen molar-refractivity contribution in [3.05, 3.63) is 57.2 Å². The molecule has 1 saturated heterocycles. The molecule has 0 unspecified atom stereocenters. The molecule has 11 nitrogen and oxygen atoms in total. The molecular weight excluding hydrogens is 464 g/mol.